The molecule has 0 N–H and O–H groups in total. The van der Waals surface area contributed by atoms with Crippen molar-refractivity contribution in [3.8, 4) is 0 Å². The second-order valence-electron chi connectivity index (χ2n) is 5.71. The lowest BCUT2D eigenvalue weighted by atomic mass is 9.78. The number of anilines is 1. The van der Waals surface area contributed by atoms with Crippen molar-refractivity contribution in [1.82, 2.24) is 0 Å². The lowest BCUT2D eigenvalue weighted by Gasteiger charge is -2.26. The Balaban J connectivity index is 2.46. The van der Waals surface area contributed by atoms with Crippen molar-refractivity contribution in [2.24, 2.45) is 11.3 Å². The molecule has 1 fully saturated rings. The van der Waals surface area contributed by atoms with Crippen molar-refractivity contribution in [3.05, 3.63) is 28.2 Å². The summed E-state index contributed by atoms with van der Waals surface area (Å²) >= 11 is 3.39. The van der Waals surface area contributed by atoms with Gasteiger partial charge in [0, 0.05) is 10.9 Å². The highest BCUT2D eigenvalue weighted by Gasteiger charge is 2.50. The molecule has 1 heterocycles. The highest BCUT2D eigenvalue weighted by molar-refractivity contribution is 9.10. The molecule has 0 aliphatic carbocycles. The predicted octanol–water partition coefficient (Wildman–Crippen LogP) is 3.68. The Morgan fingerprint density at radius 2 is 1.95 bits per heavy atom. The SMILES string of the molecule is Cc1cc(Br)ccc1N1C(=O)CC(C)(C(C)C)C1=O. The number of halogens is 1. The maximum atomic E-state index is 12.6. The Labute approximate surface area is 122 Å². The number of hydrogen-bond acceptors (Lipinski definition) is 2. The molecule has 0 radical (unpaired) electrons. The molecule has 1 aromatic carbocycles. The molecule has 1 atom stereocenters. The van der Waals surface area contributed by atoms with Gasteiger partial charge in [-0.1, -0.05) is 29.8 Å². The molecule has 1 unspecified atom stereocenters. The molecule has 2 amide bonds. The first kappa shape index (κ1) is 14.3. The van der Waals surface area contributed by atoms with Gasteiger partial charge in [-0.15, -0.1) is 0 Å². The largest absolute Gasteiger partial charge is 0.274 e. The Hall–Kier alpha value is -1.16. The normalized spacial score (nSPS) is 23.6. The van der Waals surface area contributed by atoms with Crippen LogP contribution in [0.25, 0.3) is 0 Å². The van der Waals surface area contributed by atoms with E-state index in [9.17, 15) is 9.59 Å². The maximum absolute atomic E-state index is 12.6. The first-order chi connectivity index (χ1) is 8.77. The summed E-state index contributed by atoms with van der Waals surface area (Å²) in [7, 11) is 0. The van der Waals surface area contributed by atoms with Crippen LogP contribution in [0.4, 0.5) is 5.69 Å². The van der Waals surface area contributed by atoms with Crippen LogP contribution in [0.3, 0.4) is 0 Å². The minimum atomic E-state index is -0.587. The van der Waals surface area contributed by atoms with Crippen molar-refractivity contribution in [2.75, 3.05) is 4.90 Å². The van der Waals surface area contributed by atoms with E-state index in [2.05, 4.69) is 15.9 Å². The quantitative estimate of drug-likeness (QED) is 0.778. The van der Waals surface area contributed by atoms with E-state index in [1.165, 1.54) is 4.90 Å². The zero-order valence-corrected chi connectivity index (χ0v) is 13.2. The van der Waals surface area contributed by atoms with Gasteiger partial charge in [0.05, 0.1) is 11.1 Å². The third-order valence-electron chi connectivity index (χ3n) is 4.13. The first-order valence-corrected chi connectivity index (χ1v) is 7.20. The number of aryl methyl sites for hydroxylation is 1. The topological polar surface area (TPSA) is 37.4 Å². The molecule has 4 heteroatoms. The van der Waals surface area contributed by atoms with Gasteiger partial charge < -0.3 is 0 Å². The van der Waals surface area contributed by atoms with E-state index in [4.69, 9.17) is 0 Å². The number of imide groups is 1. The van der Waals surface area contributed by atoms with E-state index in [-0.39, 0.29) is 17.7 Å². The molecule has 1 aliphatic heterocycles. The van der Waals surface area contributed by atoms with Crippen molar-refractivity contribution >= 4 is 33.4 Å². The van der Waals surface area contributed by atoms with Crippen LogP contribution in [0.1, 0.15) is 32.8 Å². The molecule has 19 heavy (non-hydrogen) atoms. The third kappa shape index (κ3) is 2.22. The lowest BCUT2D eigenvalue weighted by molar-refractivity contribution is -0.126. The number of carbonyl (C=O) groups excluding carboxylic acids is 2. The van der Waals surface area contributed by atoms with Crippen LogP contribution in [0, 0.1) is 18.3 Å². The minimum Gasteiger partial charge on any atom is -0.274 e. The molecule has 3 nitrogen and oxygen atoms in total. The summed E-state index contributed by atoms with van der Waals surface area (Å²) in [5, 5.41) is 0. The molecule has 0 bridgehead atoms. The monoisotopic (exact) mass is 323 g/mol. The molecule has 0 aromatic heterocycles. The number of rotatable bonds is 2. The van der Waals surface area contributed by atoms with Gasteiger partial charge in [-0.2, -0.15) is 0 Å². The predicted molar refractivity (Wildman–Crippen MR) is 78.9 cm³/mol. The Morgan fingerprint density at radius 1 is 1.32 bits per heavy atom. The standard InChI is InChI=1S/C15H18BrNO2/c1-9(2)15(4)8-13(18)17(14(15)19)12-6-5-11(16)7-10(12)3/h5-7,9H,8H2,1-4H3. The summed E-state index contributed by atoms with van der Waals surface area (Å²) in [6.45, 7) is 7.77. The van der Waals surface area contributed by atoms with E-state index in [1.54, 1.807) is 0 Å². The van der Waals surface area contributed by atoms with E-state index in [0.29, 0.717) is 12.1 Å². The summed E-state index contributed by atoms with van der Waals surface area (Å²) in [5.74, 6) is -0.0470. The van der Waals surface area contributed by atoms with Crippen LogP contribution < -0.4 is 4.90 Å². The molecule has 0 spiro atoms. The second kappa shape index (κ2) is 4.75. The van der Waals surface area contributed by atoms with E-state index >= 15 is 0 Å². The van der Waals surface area contributed by atoms with Crippen molar-refractivity contribution in [2.45, 2.75) is 34.1 Å². The number of benzene rings is 1. The average molecular weight is 324 g/mol. The summed E-state index contributed by atoms with van der Waals surface area (Å²) in [4.78, 5) is 26.2. The van der Waals surface area contributed by atoms with Gasteiger partial charge in [0.1, 0.15) is 0 Å². The number of amides is 2. The summed E-state index contributed by atoms with van der Waals surface area (Å²) in [6, 6.07) is 5.59. The summed E-state index contributed by atoms with van der Waals surface area (Å²) < 4.78 is 0.944. The van der Waals surface area contributed by atoms with Crippen LogP contribution in [0.5, 0.6) is 0 Å². The number of hydrogen-bond donors (Lipinski definition) is 0. The van der Waals surface area contributed by atoms with Crippen molar-refractivity contribution in [3.63, 3.8) is 0 Å². The van der Waals surface area contributed by atoms with Crippen molar-refractivity contribution < 1.29 is 9.59 Å². The van der Waals surface area contributed by atoms with Gasteiger partial charge in [-0.3, -0.25) is 9.59 Å². The second-order valence-corrected chi connectivity index (χ2v) is 6.63. The zero-order valence-electron chi connectivity index (χ0n) is 11.7. The fourth-order valence-corrected chi connectivity index (χ4v) is 2.88. The van der Waals surface area contributed by atoms with E-state index in [0.717, 1.165) is 10.0 Å². The zero-order chi connectivity index (χ0) is 14.4. The fourth-order valence-electron chi connectivity index (χ4n) is 2.40. The smallest absolute Gasteiger partial charge is 0.240 e. The van der Waals surface area contributed by atoms with Gasteiger partial charge in [0.2, 0.25) is 11.8 Å². The van der Waals surface area contributed by atoms with Gasteiger partial charge in [0.25, 0.3) is 0 Å². The molecule has 1 saturated heterocycles. The first-order valence-electron chi connectivity index (χ1n) is 6.41. The van der Waals surface area contributed by atoms with E-state index in [1.807, 2.05) is 45.9 Å². The highest BCUT2D eigenvalue weighted by atomic mass is 79.9. The molecule has 102 valence electrons. The molecule has 1 aromatic rings. The Bertz CT molecular complexity index is 553. The molecule has 2 rings (SSSR count). The average Bonchev–Trinajstić information content (AvgIpc) is 2.53. The van der Waals surface area contributed by atoms with Gasteiger partial charge >= 0.3 is 0 Å². The van der Waals surface area contributed by atoms with Crippen LogP contribution in [0.2, 0.25) is 0 Å². The molecular formula is C15H18BrNO2. The van der Waals surface area contributed by atoms with E-state index < -0.39 is 5.41 Å². The molecule has 0 saturated carbocycles. The van der Waals surface area contributed by atoms with Crippen molar-refractivity contribution in [1.29, 1.82) is 0 Å². The fraction of sp³-hybridized carbons (Fsp3) is 0.467. The van der Waals surface area contributed by atoms with Gasteiger partial charge in [-0.25, -0.2) is 4.90 Å². The summed E-state index contributed by atoms with van der Waals surface area (Å²) in [6.07, 6.45) is 0.291. The van der Waals surface area contributed by atoms with Crippen LogP contribution in [0.15, 0.2) is 22.7 Å². The number of carbonyl (C=O) groups is 2. The Kier molecular flexibility index (Phi) is 3.56. The minimum absolute atomic E-state index is 0.0853. The van der Waals surface area contributed by atoms with Crippen LogP contribution >= 0.6 is 15.9 Å². The summed E-state index contributed by atoms with van der Waals surface area (Å²) in [5.41, 5.74) is 1.03. The van der Waals surface area contributed by atoms with Gasteiger partial charge in [0.15, 0.2) is 0 Å². The molecule has 1 aliphatic rings. The Morgan fingerprint density at radius 3 is 2.42 bits per heavy atom. The van der Waals surface area contributed by atoms with Crippen LogP contribution in [-0.4, -0.2) is 11.8 Å². The molecular weight excluding hydrogens is 306 g/mol. The highest BCUT2D eigenvalue weighted by Crippen LogP contribution is 2.42. The van der Waals surface area contributed by atoms with Gasteiger partial charge in [-0.05, 0) is 43.5 Å². The lowest BCUT2D eigenvalue weighted by Crippen LogP contribution is -2.37. The maximum Gasteiger partial charge on any atom is 0.240 e. The van der Waals surface area contributed by atoms with Crippen LogP contribution in [-0.2, 0) is 9.59 Å². The number of nitrogens with zero attached hydrogens (tertiary/aromatic N) is 1. The third-order valence-corrected chi connectivity index (χ3v) is 4.63.